The number of rotatable bonds is 10. The standard InChI is InChI=1S/C20H32N2O5S/c1-5-7-8-16(6-2)14-21-20(23)15(3)22(28(4,24)25)17-9-10-18-19(13-17)27-12-11-26-18/h9-10,13,15-16H,5-8,11-12,14H2,1-4H3,(H,21,23)/t15-,16+/m1/s1. The van der Waals surface area contributed by atoms with Gasteiger partial charge in [0.25, 0.3) is 0 Å². The van der Waals surface area contributed by atoms with Gasteiger partial charge in [0.05, 0.1) is 11.9 Å². The van der Waals surface area contributed by atoms with E-state index in [-0.39, 0.29) is 5.91 Å². The van der Waals surface area contributed by atoms with Crippen LogP contribution in [-0.4, -0.2) is 46.4 Å². The van der Waals surface area contributed by atoms with Crippen molar-refractivity contribution in [2.75, 3.05) is 30.3 Å². The number of benzene rings is 1. The van der Waals surface area contributed by atoms with Crippen molar-refractivity contribution in [1.29, 1.82) is 0 Å². The predicted molar refractivity (Wildman–Crippen MR) is 111 cm³/mol. The highest BCUT2D eigenvalue weighted by atomic mass is 32.2. The van der Waals surface area contributed by atoms with Gasteiger partial charge >= 0.3 is 0 Å². The Morgan fingerprint density at radius 3 is 2.50 bits per heavy atom. The number of ether oxygens (including phenoxy) is 2. The Morgan fingerprint density at radius 2 is 1.89 bits per heavy atom. The second-order valence-corrected chi connectivity index (χ2v) is 9.08. The topological polar surface area (TPSA) is 84.9 Å². The molecule has 28 heavy (non-hydrogen) atoms. The SMILES string of the molecule is CCCC[C@H](CC)CNC(=O)[C@@H](C)N(c1ccc2c(c1)OCCO2)S(C)(=O)=O. The Labute approximate surface area is 168 Å². The summed E-state index contributed by atoms with van der Waals surface area (Å²) in [4.78, 5) is 12.7. The Balaban J connectivity index is 2.15. The molecular formula is C20H32N2O5S. The molecule has 1 aliphatic rings. The lowest BCUT2D eigenvalue weighted by Gasteiger charge is -2.30. The smallest absolute Gasteiger partial charge is 0.243 e. The van der Waals surface area contributed by atoms with E-state index in [4.69, 9.17) is 9.47 Å². The van der Waals surface area contributed by atoms with Crippen LogP contribution in [0.25, 0.3) is 0 Å². The van der Waals surface area contributed by atoms with Gasteiger partial charge in [-0.1, -0.05) is 33.1 Å². The van der Waals surface area contributed by atoms with Gasteiger partial charge in [-0.2, -0.15) is 0 Å². The molecule has 0 saturated heterocycles. The normalized spacial score (nSPS) is 15.6. The van der Waals surface area contributed by atoms with Crippen LogP contribution in [0, 0.1) is 5.92 Å². The van der Waals surface area contributed by atoms with Crippen LogP contribution in [-0.2, 0) is 14.8 Å². The van der Waals surface area contributed by atoms with Crippen molar-refractivity contribution in [3.05, 3.63) is 18.2 Å². The molecule has 1 amide bonds. The average Bonchev–Trinajstić information content (AvgIpc) is 2.66. The summed E-state index contributed by atoms with van der Waals surface area (Å²) < 4.78 is 37.1. The van der Waals surface area contributed by atoms with Gasteiger partial charge in [-0.05, 0) is 31.4 Å². The maximum absolute atomic E-state index is 12.7. The number of nitrogens with zero attached hydrogens (tertiary/aromatic N) is 1. The van der Waals surface area contributed by atoms with Gasteiger partial charge in [0.1, 0.15) is 19.3 Å². The zero-order valence-corrected chi connectivity index (χ0v) is 18.0. The first-order valence-corrected chi connectivity index (χ1v) is 11.8. The fraction of sp³-hybridized carbons (Fsp3) is 0.650. The summed E-state index contributed by atoms with van der Waals surface area (Å²) in [6.07, 6.45) is 5.37. The van der Waals surface area contributed by atoms with E-state index in [2.05, 4.69) is 19.2 Å². The zero-order chi connectivity index (χ0) is 20.7. The van der Waals surface area contributed by atoms with Gasteiger partial charge < -0.3 is 14.8 Å². The molecule has 158 valence electrons. The minimum absolute atomic E-state index is 0.310. The first-order chi connectivity index (χ1) is 13.3. The molecule has 8 heteroatoms. The lowest BCUT2D eigenvalue weighted by Crippen LogP contribution is -2.48. The van der Waals surface area contributed by atoms with Crippen LogP contribution in [0.1, 0.15) is 46.5 Å². The monoisotopic (exact) mass is 412 g/mol. The van der Waals surface area contributed by atoms with Crippen molar-refractivity contribution in [2.24, 2.45) is 5.92 Å². The minimum atomic E-state index is -3.67. The Morgan fingerprint density at radius 1 is 1.21 bits per heavy atom. The third-order valence-electron chi connectivity index (χ3n) is 4.98. The molecule has 0 saturated carbocycles. The quantitative estimate of drug-likeness (QED) is 0.639. The third kappa shape index (κ3) is 5.77. The van der Waals surface area contributed by atoms with Gasteiger partial charge in [0.15, 0.2) is 11.5 Å². The van der Waals surface area contributed by atoms with Crippen molar-refractivity contribution in [3.63, 3.8) is 0 Å². The Kier molecular flexibility index (Phi) is 7.98. The van der Waals surface area contributed by atoms with E-state index < -0.39 is 16.1 Å². The van der Waals surface area contributed by atoms with Gasteiger partial charge in [0, 0.05) is 12.6 Å². The molecule has 1 aromatic rings. The molecule has 2 rings (SSSR count). The first-order valence-electron chi connectivity index (χ1n) is 9.94. The van der Waals surface area contributed by atoms with Crippen molar-refractivity contribution >= 4 is 21.6 Å². The number of hydrogen-bond donors (Lipinski definition) is 1. The molecule has 0 fully saturated rings. The summed E-state index contributed by atoms with van der Waals surface area (Å²) in [6.45, 7) is 7.26. The molecule has 7 nitrogen and oxygen atoms in total. The summed E-state index contributed by atoms with van der Waals surface area (Å²) in [5.74, 6) is 1.14. The largest absolute Gasteiger partial charge is 0.486 e. The second kappa shape index (κ2) is 10.0. The highest BCUT2D eigenvalue weighted by molar-refractivity contribution is 7.92. The number of amides is 1. The lowest BCUT2D eigenvalue weighted by atomic mass is 9.99. The number of unbranched alkanes of at least 4 members (excludes halogenated alkanes) is 1. The van der Waals surface area contributed by atoms with Crippen LogP contribution in [0.4, 0.5) is 5.69 Å². The molecule has 0 aromatic heterocycles. The van der Waals surface area contributed by atoms with Gasteiger partial charge in [-0.25, -0.2) is 8.42 Å². The zero-order valence-electron chi connectivity index (χ0n) is 17.2. The van der Waals surface area contributed by atoms with Crippen LogP contribution >= 0.6 is 0 Å². The summed E-state index contributed by atoms with van der Waals surface area (Å²) in [6, 6.07) is 4.04. The number of nitrogens with one attached hydrogen (secondary N) is 1. The van der Waals surface area contributed by atoms with Crippen molar-refractivity contribution < 1.29 is 22.7 Å². The molecule has 0 bridgehead atoms. The van der Waals surface area contributed by atoms with Gasteiger partial charge in [-0.15, -0.1) is 0 Å². The molecule has 0 aliphatic carbocycles. The summed E-state index contributed by atoms with van der Waals surface area (Å²) in [5, 5.41) is 2.93. The van der Waals surface area contributed by atoms with E-state index in [1.807, 2.05) is 0 Å². The maximum atomic E-state index is 12.7. The molecule has 0 radical (unpaired) electrons. The number of fused-ring (bicyclic) bond motifs is 1. The maximum Gasteiger partial charge on any atom is 0.243 e. The molecule has 1 heterocycles. The summed E-state index contributed by atoms with van der Waals surface area (Å²) in [7, 11) is -3.67. The number of anilines is 1. The molecule has 1 aromatic carbocycles. The van der Waals surface area contributed by atoms with Gasteiger partial charge in [0.2, 0.25) is 15.9 Å². The fourth-order valence-electron chi connectivity index (χ4n) is 3.31. The Hall–Kier alpha value is -1.96. The van der Waals surface area contributed by atoms with Crippen LogP contribution in [0.15, 0.2) is 18.2 Å². The molecule has 0 spiro atoms. The third-order valence-corrected chi connectivity index (χ3v) is 6.22. The molecule has 0 unspecified atom stereocenters. The van der Waals surface area contributed by atoms with E-state index in [9.17, 15) is 13.2 Å². The van der Waals surface area contributed by atoms with E-state index in [1.54, 1.807) is 25.1 Å². The number of carbonyl (C=O) groups excluding carboxylic acids is 1. The first kappa shape index (κ1) is 22.3. The summed E-state index contributed by atoms with van der Waals surface area (Å²) >= 11 is 0. The average molecular weight is 413 g/mol. The molecule has 1 N–H and O–H groups in total. The van der Waals surface area contributed by atoms with Crippen molar-refractivity contribution in [2.45, 2.75) is 52.5 Å². The molecular weight excluding hydrogens is 380 g/mol. The van der Waals surface area contributed by atoms with E-state index in [0.29, 0.717) is 42.9 Å². The van der Waals surface area contributed by atoms with E-state index in [1.165, 1.54) is 0 Å². The van der Waals surface area contributed by atoms with Crippen LogP contribution < -0.4 is 19.1 Å². The fourth-order valence-corrected chi connectivity index (χ4v) is 4.48. The van der Waals surface area contributed by atoms with Gasteiger partial charge in [-0.3, -0.25) is 9.10 Å². The number of sulfonamides is 1. The number of carbonyl (C=O) groups is 1. The molecule has 2 atom stereocenters. The van der Waals surface area contributed by atoms with Crippen LogP contribution in [0.2, 0.25) is 0 Å². The number of hydrogen-bond acceptors (Lipinski definition) is 5. The van der Waals surface area contributed by atoms with E-state index >= 15 is 0 Å². The minimum Gasteiger partial charge on any atom is -0.486 e. The lowest BCUT2D eigenvalue weighted by molar-refractivity contribution is -0.122. The van der Waals surface area contributed by atoms with Crippen molar-refractivity contribution in [3.8, 4) is 11.5 Å². The predicted octanol–water partition coefficient (Wildman–Crippen LogP) is 2.94. The van der Waals surface area contributed by atoms with Crippen molar-refractivity contribution in [1.82, 2.24) is 5.32 Å². The van der Waals surface area contributed by atoms with Crippen LogP contribution in [0.5, 0.6) is 11.5 Å². The summed E-state index contributed by atoms with van der Waals surface area (Å²) in [5.41, 5.74) is 0.382. The Bertz CT molecular complexity index is 766. The van der Waals surface area contributed by atoms with Crippen LogP contribution in [0.3, 0.4) is 0 Å². The molecule has 1 aliphatic heterocycles. The van der Waals surface area contributed by atoms with E-state index in [0.717, 1.165) is 36.2 Å². The highest BCUT2D eigenvalue weighted by Gasteiger charge is 2.30. The second-order valence-electron chi connectivity index (χ2n) is 7.22. The highest BCUT2D eigenvalue weighted by Crippen LogP contribution is 2.35.